The molecule has 0 atom stereocenters. The second-order valence-electron chi connectivity index (χ2n) is 16.3. The highest BCUT2D eigenvalue weighted by Gasteiger charge is 2.26. The third kappa shape index (κ3) is 3.60. The first-order valence-electron chi connectivity index (χ1n) is 20.4. The van der Waals surface area contributed by atoms with E-state index in [1.54, 1.807) is 0 Å². The van der Waals surface area contributed by atoms with Gasteiger partial charge in [-0.25, -0.2) is 4.98 Å². The average molecular weight is 747 g/mol. The minimum Gasteiger partial charge on any atom is -0.309 e. The highest BCUT2D eigenvalue weighted by atomic mass is 15.0. The molecule has 270 valence electrons. The van der Waals surface area contributed by atoms with Crippen LogP contribution >= 0.6 is 0 Å². The molecule has 0 radical (unpaired) electrons. The zero-order valence-corrected chi connectivity index (χ0v) is 31.6. The third-order valence-corrected chi connectivity index (χ3v) is 13.4. The maximum Gasteiger partial charge on any atom is 0.146 e. The van der Waals surface area contributed by atoms with Crippen molar-refractivity contribution in [2.75, 3.05) is 0 Å². The second-order valence-corrected chi connectivity index (χ2v) is 16.3. The predicted molar refractivity (Wildman–Crippen MR) is 248 cm³/mol. The minimum absolute atomic E-state index is 1.00. The lowest BCUT2D eigenvalue weighted by Gasteiger charge is -2.11. The highest BCUT2D eigenvalue weighted by molar-refractivity contribution is 6.33. The van der Waals surface area contributed by atoms with Crippen LogP contribution in [0.4, 0.5) is 0 Å². The van der Waals surface area contributed by atoms with E-state index in [1.165, 1.54) is 114 Å². The van der Waals surface area contributed by atoms with Gasteiger partial charge in [0.1, 0.15) is 5.65 Å². The zero-order chi connectivity index (χ0) is 38.1. The molecule has 15 rings (SSSR count). The lowest BCUT2D eigenvalue weighted by molar-refractivity contribution is 1.18. The van der Waals surface area contributed by atoms with Crippen molar-refractivity contribution in [2.45, 2.75) is 0 Å². The van der Waals surface area contributed by atoms with E-state index < -0.39 is 0 Å². The van der Waals surface area contributed by atoms with Crippen molar-refractivity contribution < 1.29 is 0 Å². The number of hydrogen-bond donors (Lipinski definition) is 0. The van der Waals surface area contributed by atoms with Gasteiger partial charge in [-0.3, -0.25) is 4.40 Å². The summed E-state index contributed by atoms with van der Waals surface area (Å²) in [5.74, 6) is 0. The van der Waals surface area contributed by atoms with E-state index in [1.807, 2.05) is 0 Å². The van der Waals surface area contributed by atoms with Gasteiger partial charge in [0.05, 0.1) is 44.1 Å². The first-order chi connectivity index (χ1) is 29.3. The molecule has 4 heteroatoms. The maximum absolute atomic E-state index is 5.78. The molecule has 0 aliphatic rings. The van der Waals surface area contributed by atoms with Gasteiger partial charge in [-0.2, -0.15) is 0 Å². The molecular weight excluding hydrogens is 717 g/mol. The Kier molecular flexibility index (Phi) is 5.38. The number of nitrogens with zero attached hydrogens (tertiary/aromatic N) is 4. The van der Waals surface area contributed by atoms with E-state index in [9.17, 15) is 0 Å². The van der Waals surface area contributed by atoms with Crippen LogP contribution in [0.25, 0.3) is 137 Å². The van der Waals surface area contributed by atoms with Crippen molar-refractivity contribution in [3.05, 3.63) is 182 Å². The Morgan fingerprint density at radius 1 is 0.339 bits per heavy atom. The molecule has 0 aliphatic heterocycles. The molecule has 0 saturated heterocycles. The lowest BCUT2D eigenvalue weighted by Crippen LogP contribution is -1.93. The molecule has 9 aromatic carbocycles. The normalized spacial score (nSPS) is 12.7. The number of para-hydroxylation sites is 4. The van der Waals surface area contributed by atoms with Crippen LogP contribution in [0.1, 0.15) is 0 Å². The lowest BCUT2D eigenvalue weighted by atomic mass is 9.95. The van der Waals surface area contributed by atoms with Gasteiger partial charge in [0.2, 0.25) is 0 Å². The summed E-state index contributed by atoms with van der Waals surface area (Å²) in [7, 11) is 0. The molecule has 6 heterocycles. The molecular formula is C55H30N4. The number of rotatable bonds is 2. The molecule has 0 unspecified atom stereocenters. The maximum atomic E-state index is 5.78. The van der Waals surface area contributed by atoms with E-state index in [4.69, 9.17) is 4.98 Å². The Morgan fingerprint density at radius 3 is 1.86 bits per heavy atom. The smallest absolute Gasteiger partial charge is 0.146 e. The predicted octanol–water partition coefficient (Wildman–Crippen LogP) is 14.5. The number of hydrogen-bond acceptors (Lipinski definition) is 1. The van der Waals surface area contributed by atoms with E-state index in [-0.39, 0.29) is 0 Å². The topological polar surface area (TPSA) is 26.6 Å². The van der Waals surface area contributed by atoms with Crippen LogP contribution in [0.2, 0.25) is 0 Å². The summed E-state index contributed by atoms with van der Waals surface area (Å²) in [6.07, 6.45) is 0. The standard InChI is InChI=1S/C55H30N4/c1-2-14-34(15-3-1)57-46-23-9-8-18-37(46)44-29-33(25-27-47(44)57)43-28-32-13-5-6-16-35(32)49-41-21-10-20-39-45-30-48-50(56-55(45)59(52(39)41)54(43)49)42-22-11-19-38-40-26-24-31-12-4-7-17-36(31)51(40)58(48)53(38)42/h1-30H. The first-order valence-corrected chi connectivity index (χ1v) is 20.4. The van der Waals surface area contributed by atoms with Crippen molar-refractivity contribution in [3.8, 4) is 16.8 Å². The van der Waals surface area contributed by atoms with Gasteiger partial charge < -0.3 is 8.97 Å². The van der Waals surface area contributed by atoms with Gasteiger partial charge in [0.25, 0.3) is 0 Å². The molecule has 59 heavy (non-hydrogen) atoms. The molecule has 0 saturated carbocycles. The van der Waals surface area contributed by atoms with Crippen LogP contribution < -0.4 is 0 Å². The average Bonchev–Trinajstić information content (AvgIpc) is 4.09. The summed E-state index contributed by atoms with van der Waals surface area (Å²) >= 11 is 0. The van der Waals surface area contributed by atoms with Crippen LogP contribution in [0.5, 0.6) is 0 Å². The molecule has 0 spiro atoms. The van der Waals surface area contributed by atoms with Crippen LogP contribution in [0, 0.1) is 0 Å². The van der Waals surface area contributed by atoms with Gasteiger partial charge in [-0.05, 0) is 64.2 Å². The molecule has 4 nitrogen and oxygen atoms in total. The van der Waals surface area contributed by atoms with Crippen molar-refractivity contribution in [1.29, 1.82) is 0 Å². The Morgan fingerprint density at radius 2 is 0.983 bits per heavy atom. The van der Waals surface area contributed by atoms with Gasteiger partial charge in [0, 0.05) is 65.1 Å². The van der Waals surface area contributed by atoms with Crippen molar-refractivity contribution in [2.24, 2.45) is 0 Å². The quantitative estimate of drug-likeness (QED) is 0.173. The van der Waals surface area contributed by atoms with Crippen molar-refractivity contribution in [1.82, 2.24) is 18.4 Å². The fraction of sp³-hybridized carbons (Fsp3) is 0. The monoisotopic (exact) mass is 746 g/mol. The Bertz CT molecular complexity index is 4300. The van der Waals surface area contributed by atoms with Gasteiger partial charge in [-0.15, -0.1) is 0 Å². The number of aromatic nitrogens is 4. The summed E-state index contributed by atoms with van der Waals surface area (Å²) in [5, 5.41) is 16.2. The van der Waals surface area contributed by atoms with Crippen LogP contribution in [0.3, 0.4) is 0 Å². The number of pyridine rings is 1. The summed E-state index contributed by atoms with van der Waals surface area (Å²) < 4.78 is 7.39. The minimum atomic E-state index is 1.00. The molecule has 6 aromatic heterocycles. The Hall–Kier alpha value is -7.95. The molecule has 0 bridgehead atoms. The Balaban J connectivity index is 1.11. The van der Waals surface area contributed by atoms with Crippen LogP contribution in [-0.4, -0.2) is 18.4 Å². The summed E-state index contributed by atoms with van der Waals surface area (Å²) in [5.41, 5.74) is 14.1. The zero-order valence-electron chi connectivity index (χ0n) is 31.6. The van der Waals surface area contributed by atoms with E-state index in [2.05, 4.69) is 195 Å². The van der Waals surface area contributed by atoms with E-state index >= 15 is 0 Å². The third-order valence-electron chi connectivity index (χ3n) is 13.4. The van der Waals surface area contributed by atoms with Gasteiger partial charge in [0.15, 0.2) is 0 Å². The number of benzene rings is 9. The largest absolute Gasteiger partial charge is 0.309 e. The SMILES string of the molecule is c1ccc(-n2c3ccccc3c3cc(-c4cc5ccccc5c5c6cccc7c8cc9c(nc8n(c45)c76)c4cccc5c6ccc7ccccc7c6n9c54)ccc32)cc1. The van der Waals surface area contributed by atoms with E-state index in [0.29, 0.717) is 0 Å². The highest BCUT2D eigenvalue weighted by Crippen LogP contribution is 2.48. The fourth-order valence-corrected chi connectivity index (χ4v) is 11.1. The fourth-order valence-electron chi connectivity index (χ4n) is 11.1. The molecule has 0 aliphatic carbocycles. The molecule has 0 N–H and O–H groups in total. The first kappa shape index (κ1) is 30.2. The van der Waals surface area contributed by atoms with Crippen LogP contribution in [-0.2, 0) is 0 Å². The molecule has 15 aromatic rings. The summed E-state index contributed by atoms with van der Waals surface area (Å²) in [4.78, 5) is 5.78. The Labute approximate surface area is 335 Å². The summed E-state index contributed by atoms with van der Waals surface area (Å²) in [6.45, 7) is 0. The van der Waals surface area contributed by atoms with Crippen molar-refractivity contribution in [3.63, 3.8) is 0 Å². The van der Waals surface area contributed by atoms with E-state index in [0.717, 1.165) is 22.4 Å². The molecule has 0 amide bonds. The van der Waals surface area contributed by atoms with Gasteiger partial charge >= 0.3 is 0 Å². The van der Waals surface area contributed by atoms with Crippen LogP contribution in [0.15, 0.2) is 182 Å². The van der Waals surface area contributed by atoms with Crippen molar-refractivity contribution >= 4 is 120 Å². The number of fused-ring (bicyclic) bond motifs is 19. The summed E-state index contributed by atoms with van der Waals surface area (Å²) in [6, 6.07) is 67.2. The second kappa shape index (κ2) is 10.5. The van der Waals surface area contributed by atoms with Gasteiger partial charge in [-0.1, -0.05) is 140 Å². The molecule has 0 fully saturated rings.